The Hall–Kier alpha value is -2.08. The van der Waals surface area contributed by atoms with Gasteiger partial charge in [0.05, 0.1) is 16.8 Å². The van der Waals surface area contributed by atoms with Gasteiger partial charge in [-0.25, -0.2) is 0 Å². The Balaban J connectivity index is 2.17. The van der Waals surface area contributed by atoms with Crippen LogP contribution in [0, 0.1) is 17.2 Å². The highest BCUT2D eigenvalue weighted by atomic mass is 15.1. The van der Waals surface area contributed by atoms with E-state index in [1.165, 1.54) is 12.8 Å². The molecule has 0 aliphatic carbocycles. The first-order chi connectivity index (χ1) is 9.29. The Bertz CT molecular complexity index is 642. The molecule has 0 saturated carbocycles. The van der Waals surface area contributed by atoms with Crippen LogP contribution < -0.4 is 4.90 Å². The molecule has 0 spiro atoms. The van der Waals surface area contributed by atoms with Crippen molar-refractivity contribution in [2.45, 2.75) is 19.8 Å². The lowest BCUT2D eigenvalue weighted by Crippen LogP contribution is -2.34. The van der Waals surface area contributed by atoms with Crippen LogP contribution in [0.15, 0.2) is 30.5 Å². The lowest BCUT2D eigenvalue weighted by atomic mass is 9.98. The van der Waals surface area contributed by atoms with Crippen LogP contribution in [0.5, 0.6) is 0 Å². The first-order valence-electron chi connectivity index (χ1n) is 6.82. The highest BCUT2D eigenvalue weighted by Gasteiger charge is 2.21. The Kier molecular flexibility index (Phi) is 3.08. The molecule has 1 aromatic carbocycles. The Morgan fingerprint density at radius 3 is 3.00 bits per heavy atom. The van der Waals surface area contributed by atoms with Gasteiger partial charge in [0.1, 0.15) is 6.07 Å². The first kappa shape index (κ1) is 12.0. The van der Waals surface area contributed by atoms with Gasteiger partial charge in [0.15, 0.2) is 0 Å². The molecule has 1 saturated heterocycles. The number of para-hydroxylation sites is 1. The highest BCUT2D eigenvalue weighted by Crippen LogP contribution is 2.32. The number of fused-ring (bicyclic) bond motifs is 1. The molecular formula is C16H17N3. The van der Waals surface area contributed by atoms with Crippen LogP contribution in [0.4, 0.5) is 5.69 Å². The van der Waals surface area contributed by atoms with Gasteiger partial charge >= 0.3 is 0 Å². The van der Waals surface area contributed by atoms with Crippen molar-refractivity contribution >= 4 is 16.6 Å². The van der Waals surface area contributed by atoms with E-state index < -0.39 is 0 Å². The molecule has 0 N–H and O–H groups in total. The van der Waals surface area contributed by atoms with E-state index in [-0.39, 0.29) is 0 Å². The molecule has 1 unspecified atom stereocenters. The van der Waals surface area contributed by atoms with Crippen molar-refractivity contribution in [3.05, 3.63) is 36.0 Å². The number of aromatic nitrogens is 1. The largest absolute Gasteiger partial charge is 0.370 e. The van der Waals surface area contributed by atoms with Gasteiger partial charge in [-0.05, 0) is 24.8 Å². The van der Waals surface area contributed by atoms with Crippen LogP contribution in [0.1, 0.15) is 25.3 Å². The second-order valence-corrected chi connectivity index (χ2v) is 5.34. The highest BCUT2D eigenvalue weighted by molar-refractivity contribution is 5.94. The molecule has 2 aromatic rings. The van der Waals surface area contributed by atoms with E-state index in [1.807, 2.05) is 18.2 Å². The Morgan fingerprint density at radius 1 is 1.37 bits per heavy atom. The third-order valence-electron chi connectivity index (χ3n) is 3.84. The number of nitriles is 1. The fourth-order valence-electron chi connectivity index (χ4n) is 2.94. The molecule has 3 rings (SSSR count). The van der Waals surface area contributed by atoms with Crippen LogP contribution in [-0.2, 0) is 0 Å². The maximum Gasteiger partial charge on any atom is 0.103 e. The van der Waals surface area contributed by atoms with Gasteiger partial charge in [0.2, 0.25) is 0 Å². The van der Waals surface area contributed by atoms with Gasteiger partial charge in [-0.15, -0.1) is 0 Å². The monoisotopic (exact) mass is 251 g/mol. The molecule has 1 aliphatic heterocycles. The van der Waals surface area contributed by atoms with E-state index in [4.69, 9.17) is 0 Å². The van der Waals surface area contributed by atoms with Gasteiger partial charge in [0.25, 0.3) is 0 Å². The molecule has 1 aromatic heterocycles. The molecule has 3 nitrogen and oxygen atoms in total. The van der Waals surface area contributed by atoms with Gasteiger partial charge in [-0.2, -0.15) is 5.26 Å². The van der Waals surface area contributed by atoms with Crippen LogP contribution >= 0.6 is 0 Å². The van der Waals surface area contributed by atoms with Gasteiger partial charge in [0, 0.05) is 24.7 Å². The predicted molar refractivity (Wildman–Crippen MR) is 77.1 cm³/mol. The number of hydrogen-bond acceptors (Lipinski definition) is 3. The van der Waals surface area contributed by atoms with Crippen molar-refractivity contribution in [1.29, 1.82) is 5.26 Å². The molecule has 3 heteroatoms. The van der Waals surface area contributed by atoms with Crippen molar-refractivity contribution < 1.29 is 0 Å². The lowest BCUT2D eigenvalue weighted by Gasteiger charge is -2.34. The zero-order valence-electron chi connectivity index (χ0n) is 11.1. The molecule has 2 heterocycles. The number of benzene rings is 1. The lowest BCUT2D eigenvalue weighted by molar-refractivity contribution is 0.447. The van der Waals surface area contributed by atoms with Gasteiger partial charge < -0.3 is 4.90 Å². The summed E-state index contributed by atoms with van der Waals surface area (Å²) in [5.41, 5.74) is 2.72. The number of piperidine rings is 1. The first-order valence-corrected chi connectivity index (χ1v) is 6.82. The SMILES string of the molecule is CC1CCCN(c2c(C#N)cnc3ccccc23)C1. The third kappa shape index (κ3) is 2.15. The topological polar surface area (TPSA) is 39.9 Å². The minimum absolute atomic E-state index is 0.687. The summed E-state index contributed by atoms with van der Waals surface area (Å²) in [7, 11) is 0. The number of nitrogens with zero attached hydrogens (tertiary/aromatic N) is 3. The summed E-state index contributed by atoms with van der Waals surface area (Å²) in [6.07, 6.45) is 4.18. The van der Waals surface area contributed by atoms with Crippen LogP contribution in [0.3, 0.4) is 0 Å². The van der Waals surface area contributed by atoms with E-state index in [0.717, 1.165) is 29.7 Å². The van der Waals surface area contributed by atoms with E-state index >= 15 is 0 Å². The van der Waals surface area contributed by atoms with Crippen LogP contribution in [-0.4, -0.2) is 18.1 Å². The fraction of sp³-hybridized carbons (Fsp3) is 0.375. The van der Waals surface area contributed by atoms with Crippen molar-refractivity contribution in [1.82, 2.24) is 4.98 Å². The van der Waals surface area contributed by atoms with Gasteiger partial charge in [-0.1, -0.05) is 25.1 Å². The third-order valence-corrected chi connectivity index (χ3v) is 3.84. The number of rotatable bonds is 1. The Labute approximate surface area is 113 Å². The quantitative estimate of drug-likeness (QED) is 0.780. The molecule has 0 amide bonds. The number of hydrogen-bond donors (Lipinski definition) is 0. The molecule has 1 aliphatic rings. The zero-order valence-corrected chi connectivity index (χ0v) is 11.1. The summed E-state index contributed by atoms with van der Waals surface area (Å²) in [5, 5.41) is 10.5. The maximum atomic E-state index is 9.36. The zero-order chi connectivity index (χ0) is 13.2. The second-order valence-electron chi connectivity index (χ2n) is 5.34. The molecule has 1 atom stereocenters. The van der Waals surface area contributed by atoms with Crippen molar-refractivity contribution in [3.63, 3.8) is 0 Å². The van der Waals surface area contributed by atoms with Crippen LogP contribution in [0.2, 0.25) is 0 Å². The Morgan fingerprint density at radius 2 is 2.21 bits per heavy atom. The average molecular weight is 251 g/mol. The van der Waals surface area contributed by atoms with Crippen molar-refractivity contribution in [3.8, 4) is 6.07 Å². The molecule has 1 fully saturated rings. The fourth-order valence-corrected chi connectivity index (χ4v) is 2.94. The van der Waals surface area contributed by atoms with E-state index in [0.29, 0.717) is 11.5 Å². The predicted octanol–water partition coefficient (Wildman–Crippen LogP) is 3.34. The minimum Gasteiger partial charge on any atom is -0.370 e. The van der Waals surface area contributed by atoms with Crippen molar-refractivity contribution in [2.24, 2.45) is 5.92 Å². The summed E-state index contributed by atoms with van der Waals surface area (Å²) >= 11 is 0. The van der Waals surface area contributed by atoms with E-state index in [1.54, 1.807) is 6.20 Å². The summed E-state index contributed by atoms with van der Waals surface area (Å²) in [6, 6.07) is 10.4. The molecule has 0 radical (unpaired) electrons. The average Bonchev–Trinajstić information content (AvgIpc) is 2.46. The van der Waals surface area contributed by atoms with Crippen molar-refractivity contribution in [2.75, 3.05) is 18.0 Å². The smallest absolute Gasteiger partial charge is 0.103 e. The standard InChI is InChI=1S/C16H17N3/c1-12-5-4-8-19(11-12)16-13(9-17)10-18-15-7-3-2-6-14(15)16/h2-3,6-7,10,12H,4-5,8,11H2,1H3. The normalized spacial score (nSPS) is 19.4. The molecule has 0 bridgehead atoms. The van der Waals surface area contributed by atoms with E-state index in [2.05, 4.69) is 28.9 Å². The maximum absolute atomic E-state index is 9.36. The number of anilines is 1. The second kappa shape index (κ2) is 4.89. The summed E-state index contributed by atoms with van der Waals surface area (Å²) < 4.78 is 0. The molecule has 96 valence electrons. The molecular weight excluding hydrogens is 234 g/mol. The van der Waals surface area contributed by atoms with E-state index in [9.17, 15) is 5.26 Å². The summed E-state index contributed by atoms with van der Waals surface area (Å²) in [4.78, 5) is 6.74. The summed E-state index contributed by atoms with van der Waals surface area (Å²) in [5.74, 6) is 0.687. The minimum atomic E-state index is 0.687. The summed E-state index contributed by atoms with van der Waals surface area (Å²) in [6.45, 7) is 4.34. The van der Waals surface area contributed by atoms with Crippen LogP contribution in [0.25, 0.3) is 10.9 Å². The van der Waals surface area contributed by atoms with Gasteiger partial charge in [-0.3, -0.25) is 4.98 Å². The molecule has 19 heavy (non-hydrogen) atoms. The number of pyridine rings is 1.